The SMILES string of the molecule is CC[C@H](C)NC(=O)c1c2nc3ccccc3nc2n2c1[nH]c(=O)c1cc(OC)c(OC)cc12. The highest BCUT2D eigenvalue weighted by molar-refractivity contribution is 6.13. The van der Waals surface area contributed by atoms with Gasteiger partial charge in [-0.05, 0) is 31.5 Å². The Morgan fingerprint density at radius 1 is 1.12 bits per heavy atom. The minimum atomic E-state index is -0.358. The number of nitrogens with zero attached hydrogens (tertiary/aromatic N) is 3. The lowest BCUT2D eigenvalue weighted by Gasteiger charge is -2.12. The zero-order valence-corrected chi connectivity index (χ0v) is 18.7. The molecule has 5 rings (SSSR count). The molecular weight excluding hydrogens is 422 g/mol. The largest absolute Gasteiger partial charge is 0.493 e. The van der Waals surface area contributed by atoms with Gasteiger partial charge >= 0.3 is 0 Å². The summed E-state index contributed by atoms with van der Waals surface area (Å²) in [7, 11) is 3.04. The fraction of sp³-hybridized carbons (Fsp3) is 0.250. The van der Waals surface area contributed by atoms with Crippen LogP contribution in [0.15, 0.2) is 41.2 Å². The third-order valence-corrected chi connectivity index (χ3v) is 5.90. The van der Waals surface area contributed by atoms with E-state index in [9.17, 15) is 9.59 Å². The molecular formula is C24H23N5O4. The Hall–Kier alpha value is -4.14. The topological polar surface area (TPSA) is 111 Å². The number of amides is 1. The molecule has 2 N–H and O–H groups in total. The molecule has 0 bridgehead atoms. The first-order valence-electron chi connectivity index (χ1n) is 10.7. The number of aromatic amines is 1. The molecule has 2 aromatic carbocycles. The van der Waals surface area contributed by atoms with E-state index in [2.05, 4.69) is 10.3 Å². The summed E-state index contributed by atoms with van der Waals surface area (Å²) in [6.45, 7) is 3.91. The zero-order valence-electron chi connectivity index (χ0n) is 18.7. The lowest BCUT2D eigenvalue weighted by molar-refractivity contribution is 0.0942. The first-order chi connectivity index (χ1) is 16.0. The standard InChI is InChI=1S/C24H23N5O4/c1-5-12(2)25-24(31)19-20-22(27-15-9-7-6-8-14(15)26-20)29-16-11-18(33-4)17(32-3)10-13(16)23(30)28-21(19)29/h6-12H,5H2,1-4H3,(H,25,31)(H,28,30)/t12-/m0/s1. The summed E-state index contributed by atoms with van der Waals surface area (Å²) in [6.07, 6.45) is 0.764. The van der Waals surface area contributed by atoms with Crippen molar-refractivity contribution in [2.75, 3.05) is 14.2 Å². The molecule has 0 aliphatic heterocycles. The number of fused-ring (bicyclic) bond motifs is 6. The molecule has 33 heavy (non-hydrogen) atoms. The van der Waals surface area contributed by atoms with Gasteiger partial charge in [0.25, 0.3) is 11.5 Å². The quantitative estimate of drug-likeness (QED) is 0.429. The number of para-hydroxylation sites is 2. The maximum atomic E-state index is 13.4. The summed E-state index contributed by atoms with van der Waals surface area (Å²) in [5.41, 5.74) is 2.98. The van der Waals surface area contributed by atoms with Crippen LogP contribution in [0.1, 0.15) is 30.6 Å². The Balaban J connectivity index is 1.98. The second kappa shape index (κ2) is 7.77. The van der Waals surface area contributed by atoms with Gasteiger partial charge in [-0.15, -0.1) is 0 Å². The van der Waals surface area contributed by atoms with Gasteiger partial charge in [0.2, 0.25) is 0 Å². The number of nitrogens with one attached hydrogen (secondary N) is 2. The Bertz CT molecular complexity index is 1620. The van der Waals surface area contributed by atoms with Crippen LogP contribution in [0.3, 0.4) is 0 Å². The number of H-pyrrole nitrogens is 1. The molecule has 0 fully saturated rings. The van der Waals surface area contributed by atoms with Crippen LogP contribution in [-0.4, -0.2) is 45.5 Å². The Kier molecular flexibility index (Phi) is 4.88. The molecule has 1 amide bonds. The summed E-state index contributed by atoms with van der Waals surface area (Å²) in [5, 5.41) is 3.36. The van der Waals surface area contributed by atoms with Crippen molar-refractivity contribution in [2.24, 2.45) is 0 Å². The van der Waals surface area contributed by atoms with E-state index in [1.54, 1.807) is 16.5 Å². The fourth-order valence-corrected chi connectivity index (χ4v) is 4.02. The van der Waals surface area contributed by atoms with Gasteiger partial charge in [0.15, 0.2) is 17.1 Å². The van der Waals surface area contributed by atoms with E-state index in [0.717, 1.165) is 6.42 Å². The molecule has 3 heterocycles. The molecule has 0 saturated heterocycles. The molecule has 9 heteroatoms. The van der Waals surface area contributed by atoms with E-state index in [0.29, 0.717) is 50.2 Å². The van der Waals surface area contributed by atoms with Crippen molar-refractivity contribution in [2.45, 2.75) is 26.3 Å². The molecule has 0 saturated carbocycles. The van der Waals surface area contributed by atoms with Crippen LogP contribution in [0.5, 0.6) is 11.5 Å². The average Bonchev–Trinajstić information content (AvgIpc) is 3.14. The number of hydrogen-bond acceptors (Lipinski definition) is 6. The Morgan fingerprint density at radius 3 is 2.45 bits per heavy atom. The number of hydrogen-bond donors (Lipinski definition) is 2. The van der Waals surface area contributed by atoms with Crippen molar-refractivity contribution in [3.05, 3.63) is 52.3 Å². The van der Waals surface area contributed by atoms with Gasteiger partial charge in [0.05, 0.1) is 36.2 Å². The summed E-state index contributed by atoms with van der Waals surface area (Å²) in [6, 6.07) is 10.7. The van der Waals surface area contributed by atoms with Gasteiger partial charge in [-0.3, -0.25) is 14.0 Å². The van der Waals surface area contributed by atoms with Crippen LogP contribution < -0.4 is 20.3 Å². The lowest BCUT2D eigenvalue weighted by Crippen LogP contribution is -2.32. The second-order valence-electron chi connectivity index (χ2n) is 7.90. The van der Waals surface area contributed by atoms with Gasteiger partial charge < -0.3 is 19.8 Å². The number of aromatic nitrogens is 4. The maximum absolute atomic E-state index is 13.4. The van der Waals surface area contributed by atoms with Crippen molar-refractivity contribution >= 4 is 44.7 Å². The van der Waals surface area contributed by atoms with Gasteiger partial charge in [-0.1, -0.05) is 19.1 Å². The number of rotatable bonds is 5. The number of carbonyl (C=O) groups is 1. The highest BCUT2D eigenvalue weighted by Gasteiger charge is 2.25. The van der Waals surface area contributed by atoms with Crippen LogP contribution >= 0.6 is 0 Å². The van der Waals surface area contributed by atoms with Crippen molar-refractivity contribution < 1.29 is 14.3 Å². The third-order valence-electron chi connectivity index (χ3n) is 5.90. The minimum Gasteiger partial charge on any atom is -0.493 e. The van der Waals surface area contributed by atoms with Crippen molar-refractivity contribution in [1.82, 2.24) is 24.7 Å². The first kappa shape index (κ1) is 20.7. The van der Waals surface area contributed by atoms with E-state index in [4.69, 9.17) is 19.4 Å². The van der Waals surface area contributed by atoms with Gasteiger partial charge in [0.1, 0.15) is 16.7 Å². The predicted molar refractivity (Wildman–Crippen MR) is 126 cm³/mol. The smallest absolute Gasteiger partial charge is 0.259 e. The van der Waals surface area contributed by atoms with E-state index < -0.39 is 0 Å². The van der Waals surface area contributed by atoms with E-state index in [-0.39, 0.29) is 23.1 Å². The van der Waals surface area contributed by atoms with Gasteiger partial charge in [0, 0.05) is 12.1 Å². The van der Waals surface area contributed by atoms with Crippen LogP contribution in [0.2, 0.25) is 0 Å². The van der Waals surface area contributed by atoms with Crippen LogP contribution in [0.4, 0.5) is 0 Å². The van der Waals surface area contributed by atoms with Crippen molar-refractivity contribution in [1.29, 1.82) is 0 Å². The van der Waals surface area contributed by atoms with Crippen molar-refractivity contribution in [3.63, 3.8) is 0 Å². The Morgan fingerprint density at radius 2 is 1.79 bits per heavy atom. The number of methoxy groups -OCH3 is 2. The number of benzene rings is 2. The summed E-state index contributed by atoms with van der Waals surface area (Å²) in [5.74, 6) is 0.563. The Labute approximate surface area is 188 Å². The molecule has 0 radical (unpaired) electrons. The van der Waals surface area contributed by atoms with E-state index in [1.807, 2.05) is 38.1 Å². The fourth-order valence-electron chi connectivity index (χ4n) is 4.02. The third kappa shape index (κ3) is 3.15. The maximum Gasteiger partial charge on any atom is 0.259 e. The molecule has 0 spiro atoms. The summed E-state index contributed by atoms with van der Waals surface area (Å²) in [4.78, 5) is 38.9. The normalized spacial score (nSPS) is 12.5. The monoisotopic (exact) mass is 445 g/mol. The molecule has 0 unspecified atom stereocenters. The molecule has 9 nitrogen and oxygen atoms in total. The lowest BCUT2D eigenvalue weighted by atomic mass is 10.2. The number of carbonyl (C=O) groups excluding carboxylic acids is 1. The van der Waals surface area contributed by atoms with Crippen molar-refractivity contribution in [3.8, 4) is 11.5 Å². The van der Waals surface area contributed by atoms with Crippen LogP contribution in [-0.2, 0) is 0 Å². The first-order valence-corrected chi connectivity index (χ1v) is 10.7. The van der Waals surface area contributed by atoms with E-state index in [1.165, 1.54) is 14.2 Å². The predicted octanol–water partition coefficient (Wildman–Crippen LogP) is 3.42. The summed E-state index contributed by atoms with van der Waals surface area (Å²) < 4.78 is 12.6. The van der Waals surface area contributed by atoms with Crippen LogP contribution in [0.25, 0.3) is 38.7 Å². The second-order valence-corrected chi connectivity index (χ2v) is 7.90. The van der Waals surface area contributed by atoms with Gasteiger partial charge in [-0.2, -0.15) is 0 Å². The highest BCUT2D eigenvalue weighted by Crippen LogP contribution is 2.34. The van der Waals surface area contributed by atoms with Crippen LogP contribution in [0, 0.1) is 0 Å². The van der Waals surface area contributed by atoms with E-state index >= 15 is 0 Å². The molecule has 0 aliphatic rings. The molecule has 5 aromatic rings. The molecule has 1 atom stereocenters. The summed E-state index contributed by atoms with van der Waals surface area (Å²) >= 11 is 0. The highest BCUT2D eigenvalue weighted by atomic mass is 16.5. The molecule has 168 valence electrons. The molecule has 3 aromatic heterocycles. The van der Waals surface area contributed by atoms with Gasteiger partial charge in [-0.25, -0.2) is 9.97 Å². The molecule has 0 aliphatic carbocycles. The zero-order chi connectivity index (χ0) is 23.3. The number of ether oxygens (including phenoxy) is 2. The average molecular weight is 445 g/mol. The minimum absolute atomic E-state index is 0.0487.